The van der Waals surface area contributed by atoms with Crippen LogP contribution in [0.2, 0.25) is 5.02 Å². The Labute approximate surface area is 176 Å². The maximum Gasteiger partial charge on any atom is 0.287 e. The summed E-state index contributed by atoms with van der Waals surface area (Å²) < 4.78 is 7.09. The predicted molar refractivity (Wildman–Crippen MR) is 117 cm³/mol. The molecule has 2 aliphatic heterocycles. The van der Waals surface area contributed by atoms with Gasteiger partial charge in [-0.3, -0.25) is 4.79 Å². The van der Waals surface area contributed by atoms with E-state index in [2.05, 4.69) is 46.5 Å². The van der Waals surface area contributed by atoms with Gasteiger partial charge in [0.25, 0.3) is 5.56 Å². The fourth-order valence-electron chi connectivity index (χ4n) is 4.32. The summed E-state index contributed by atoms with van der Waals surface area (Å²) in [5.74, 6) is 0.452. The monoisotopic (exact) mass is 416 g/mol. The largest absolute Gasteiger partial charge is 0.382 e. The summed E-state index contributed by atoms with van der Waals surface area (Å²) in [4.78, 5) is 15.2. The number of hydrogen-bond donors (Lipinski definition) is 1. The topological polar surface area (TPSA) is 59.4 Å². The molecule has 2 aliphatic rings. The lowest BCUT2D eigenvalue weighted by molar-refractivity contribution is 0.0595. The van der Waals surface area contributed by atoms with Crippen molar-refractivity contribution in [1.82, 2.24) is 9.78 Å². The van der Waals surface area contributed by atoms with Crippen molar-refractivity contribution in [3.05, 3.63) is 51.4 Å². The summed E-state index contributed by atoms with van der Waals surface area (Å²) in [6, 6.07) is 8.52. The normalized spacial score (nSPS) is 20.6. The van der Waals surface area contributed by atoms with Gasteiger partial charge in [0.05, 0.1) is 24.5 Å². The molecule has 0 radical (unpaired) electrons. The van der Waals surface area contributed by atoms with Gasteiger partial charge in [-0.15, -0.1) is 0 Å². The average Bonchev–Trinajstić information content (AvgIpc) is 2.76. The third kappa shape index (κ3) is 4.59. The Morgan fingerprint density at radius 3 is 2.76 bits per heavy atom. The molecule has 29 heavy (non-hydrogen) atoms. The molecule has 2 saturated heterocycles. The molecule has 2 fully saturated rings. The molecular weight excluding hydrogens is 388 g/mol. The molecule has 1 aromatic heterocycles. The molecular formula is C22H29ClN4O2. The lowest BCUT2D eigenvalue weighted by Gasteiger charge is -2.34. The van der Waals surface area contributed by atoms with E-state index in [1.807, 2.05) is 0 Å². The second-order valence-electron chi connectivity index (χ2n) is 8.09. The first-order valence-corrected chi connectivity index (χ1v) is 10.9. The Hall–Kier alpha value is -2.05. The number of rotatable bonds is 5. The van der Waals surface area contributed by atoms with Crippen molar-refractivity contribution in [3.8, 4) is 0 Å². The van der Waals surface area contributed by atoms with Crippen molar-refractivity contribution in [2.75, 3.05) is 43.1 Å². The SMILES string of the molecule is Cc1ccccc1N1CCC(n2ncc(NC[C@@H]3CCCOC3)c(Cl)c2=O)CC1. The van der Waals surface area contributed by atoms with E-state index in [4.69, 9.17) is 16.3 Å². The molecule has 4 rings (SSSR count). The van der Waals surface area contributed by atoms with E-state index in [9.17, 15) is 4.79 Å². The number of nitrogens with zero attached hydrogens (tertiary/aromatic N) is 3. The molecule has 0 aliphatic carbocycles. The van der Waals surface area contributed by atoms with Crippen LogP contribution >= 0.6 is 11.6 Å². The van der Waals surface area contributed by atoms with Crippen LogP contribution in [0.1, 0.15) is 37.3 Å². The van der Waals surface area contributed by atoms with E-state index in [1.165, 1.54) is 11.3 Å². The minimum atomic E-state index is -0.203. The number of hydrogen-bond acceptors (Lipinski definition) is 5. The van der Waals surface area contributed by atoms with Gasteiger partial charge in [-0.2, -0.15) is 5.10 Å². The van der Waals surface area contributed by atoms with Gasteiger partial charge in [0.2, 0.25) is 0 Å². The maximum absolute atomic E-state index is 12.8. The fourth-order valence-corrected chi connectivity index (χ4v) is 4.52. The highest BCUT2D eigenvalue weighted by Gasteiger charge is 2.24. The van der Waals surface area contributed by atoms with Crippen molar-refractivity contribution >= 4 is 23.0 Å². The van der Waals surface area contributed by atoms with E-state index in [1.54, 1.807) is 10.9 Å². The molecule has 0 spiro atoms. The molecule has 156 valence electrons. The van der Waals surface area contributed by atoms with E-state index in [0.717, 1.165) is 58.5 Å². The molecule has 3 heterocycles. The fraction of sp³-hybridized carbons (Fsp3) is 0.545. The molecule has 7 heteroatoms. The number of aryl methyl sites for hydroxylation is 1. The van der Waals surface area contributed by atoms with Crippen molar-refractivity contribution < 1.29 is 4.74 Å². The van der Waals surface area contributed by atoms with E-state index in [0.29, 0.717) is 11.6 Å². The number of halogens is 1. The van der Waals surface area contributed by atoms with Crippen molar-refractivity contribution in [2.45, 2.75) is 38.6 Å². The van der Waals surface area contributed by atoms with E-state index >= 15 is 0 Å². The smallest absolute Gasteiger partial charge is 0.287 e. The zero-order valence-corrected chi connectivity index (χ0v) is 17.7. The minimum Gasteiger partial charge on any atom is -0.382 e. The van der Waals surface area contributed by atoms with Crippen LogP contribution in [0.3, 0.4) is 0 Å². The average molecular weight is 417 g/mol. The number of ether oxygens (including phenoxy) is 1. The molecule has 1 aromatic carbocycles. The number of piperidine rings is 1. The molecule has 0 amide bonds. The summed E-state index contributed by atoms with van der Waals surface area (Å²) in [6.45, 7) is 6.30. The standard InChI is InChI=1S/C22H29ClN4O2/c1-16-5-2-3-7-20(16)26-10-8-18(9-11-26)27-22(28)21(23)19(14-25-27)24-13-17-6-4-12-29-15-17/h2-3,5,7,14,17-18,24H,4,6,8-13,15H2,1H3/t17-/m0/s1. The number of anilines is 2. The third-order valence-electron chi connectivity index (χ3n) is 6.05. The molecule has 2 aromatic rings. The summed E-state index contributed by atoms with van der Waals surface area (Å²) in [7, 11) is 0. The van der Waals surface area contributed by atoms with Gasteiger partial charge in [-0.25, -0.2) is 4.68 Å². The second-order valence-corrected chi connectivity index (χ2v) is 8.47. The molecule has 1 N–H and O–H groups in total. The Bertz CT molecular complexity index is 887. The molecule has 0 unspecified atom stereocenters. The molecule has 0 saturated carbocycles. The lowest BCUT2D eigenvalue weighted by atomic mass is 10.0. The summed E-state index contributed by atoms with van der Waals surface area (Å²) in [5.41, 5.74) is 2.97. The maximum atomic E-state index is 12.8. The van der Waals surface area contributed by atoms with Gasteiger partial charge in [0.15, 0.2) is 0 Å². The number of para-hydroxylation sites is 1. The lowest BCUT2D eigenvalue weighted by Crippen LogP contribution is -2.39. The highest BCUT2D eigenvalue weighted by Crippen LogP contribution is 2.28. The first-order chi connectivity index (χ1) is 14.1. The highest BCUT2D eigenvalue weighted by atomic mass is 35.5. The number of benzene rings is 1. The second kappa shape index (κ2) is 9.18. The minimum absolute atomic E-state index is 0.0843. The first kappa shape index (κ1) is 20.2. The van der Waals surface area contributed by atoms with Crippen LogP contribution in [-0.4, -0.2) is 42.6 Å². The zero-order valence-electron chi connectivity index (χ0n) is 16.9. The van der Waals surface area contributed by atoms with Crippen LogP contribution in [0.4, 0.5) is 11.4 Å². The van der Waals surface area contributed by atoms with Crippen LogP contribution in [0, 0.1) is 12.8 Å². The van der Waals surface area contributed by atoms with Crippen LogP contribution in [0.25, 0.3) is 0 Å². The van der Waals surface area contributed by atoms with Gasteiger partial charge in [-0.1, -0.05) is 29.8 Å². The first-order valence-electron chi connectivity index (χ1n) is 10.5. The van der Waals surface area contributed by atoms with Gasteiger partial charge in [0, 0.05) is 31.9 Å². The number of aromatic nitrogens is 2. The summed E-state index contributed by atoms with van der Waals surface area (Å²) >= 11 is 6.40. The Kier molecular flexibility index (Phi) is 6.40. The van der Waals surface area contributed by atoms with E-state index in [-0.39, 0.29) is 16.6 Å². The van der Waals surface area contributed by atoms with Crippen molar-refractivity contribution in [1.29, 1.82) is 0 Å². The van der Waals surface area contributed by atoms with Crippen LogP contribution in [-0.2, 0) is 4.74 Å². The third-order valence-corrected chi connectivity index (χ3v) is 6.41. The molecule has 0 bridgehead atoms. The molecule has 1 atom stereocenters. The quantitative estimate of drug-likeness (QED) is 0.801. The van der Waals surface area contributed by atoms with Crippen LogP contribution < -0.4 is 15.8 Å². The van der Waals surface area contributed by atoms with Crippen LogP contribution in [0.15, 0.2) is 35.3 Å². The highest BCUT2D eigenvalue weighted by molar-refractivity contribution is 6.32. The van der Waals surface area contributed by atoms with Gasteiger partial charge in [-0.05, 0) is 50.2 Å². The summed E-state index contributed by atoms with van der Waals surface area (Å²) in [5, 5.41) is 7.98. The Morgan fingerprint density at radius 2 is 2.03 bits per heavy atom. The van der Waals surface area contributed by atoms with Gasteiger partial charge >= 0.3 is 0 Å². The summed E-state index contributed by atoms with van der Waals surface area (Å²) in [6.07, 6.45) is 5.67. The van der Waals surface area contributed by atoms with E-state index < -0.39 is 0 Å². The zero-order chi connectivity index (χ0) is 20.2. The van der Waals surface area contributed by atoms with Gasteiger partial charge in [0.1, 0.15) is 5.02 Å². The van der Waals surface area contributed by atoms with Gasteiger partial charge < -0.3 is 15.0 Å². The number of nitrogens with one attached hydrogen (secondary N) is 1. The van der Waals surface area contributed by atoms with Crippen molar-refractivity contribution in [3.63, 3.8) is 0 Å². The predicted octanol–water partition coefficient (Wildman–Crippen LogP) is 3.89. The Morgan fingerprint density at radius 1 is 1.24 bits per heavy atom. The van der Waals surface area contributed by atoms with Crippen LogP contribution in [0.5, 0.6) is 0 Å². The Balaban J connectivity index is 1.40. The molecule has 6 nitrogen and oxygen atoms in total. The van der Waals surface area contributed by atoms with Crippen molar-refractivity contribution in [2.24, 2.45) is 5.92 Å².